The summed E-state index contributed by atoms with van der Waals surface area (Å²) in [6.07, 6.45) is 5.09. The van der Waals surface area contributed by atoms with Crippen LogP contribution in [0, 0.1) is 17.5 Å². The number of halogens is 3. The molecule has 3 heterocycles. The molecule has 0 fully saturated rings. The molecule has 0 radical (unpaired) electrons. The van der Waals surface area contributed by atoms with Crippen molar-refractivity contribution in [2.24, 2.45) is 4.99 Å². The minimum absolute atomic E-state index is 0.157. The first-order valence-corrected chi connectivity index (χ1v) is 9.90. The van der Waals surface area contributed by atoms with Crippen LogP contribution in [0.4, 0.5) is 13.2 Å². The van der Waals surface area contributed by atoms with Crippen LogP contribution in [-0.2, 0) is 5.54 Å². The largest absolute Gasteiger partial charge is 0.352 e. The molecule has 0 bridgehead atoms. The summed E-state index contributed by atoms with van der Waals surface area (Å²) in [5.74, 6) is -1.06. The average Bonchev–Trinajstić information content (AvgIpc) is 3.15. The number of rotatable bonds is 3. The number of nitrogens with one attached hydrogen (secondary N) is 1. The summed E-state index contributed by atoms with van der Waals surface area (Å²) in [4.78, 5) is 12.1. The van der Waals surface area contributed by atoms with Gasteiger partial charge >= 0.3 is 0 Å². The zero-order valence-electron chi connectivity index (χ0n) is 17.0. The summed E-state index contributed by atoms with van der Waals surface area (Å²) in [5.41, 5.74) is 1.70. The van der Waals surface area contributed by atoms with Gasteiger partial charge in [0.05, 0.1) is 12.4 Å². The van der Waals surface area contributed by atoms with E-state index in [2.05, 4.69) is 20.3 Å². The summed E-state index contributed by atoms with van der Waals surface area (Å²) in [7, 11) is 1.65. The Bertz CT molecular complexity index is 1370. The van der Waals surface area contributed by atoms with Crippen LogP contribution in [0.1, 0.15) is 22.3 Å². The second-order valence-corrected chi connectivity index (χ2v) is 7.43. The molecule has 4 nitrogen and oxygen atoms in total. The first-order chi connectivity index (χ1) is 15.5. The van der Waals surface area contributed by atoms with E-state index in [-0.39, 0.29) is 11.1 Å². The Morgan fingerprint density at radius 2 is 1.66 bits per heavy atom. The summed E-state index contributed by atoms with van der Waals surface area (Å²) < 4.78 is 43.8. The molecule has 32 heavy (non-hydrogen) atoms. The maximum atomic E-state index is 15.2. The summed E-state index contributed by atoms with van der Waals surface area (Å²) >= 11 is 0. The molecule has 158 valence electrons. The normalized spacial score (nSPS) is 18.4. The van der Waals surface area contributed by atoms with Crippen LogP contribution in [-0.4, -0.2) is 22.9 Å². The van der Waals surface area contributed by atoms with Crippen LogP contribution in [0.25, 0.3) is 11.1 Å². The summed E-state index contributed by atoms with van der Waals surface area (Å²) in [6, 6.07) is 14.8. The van der Waals surface area contributed by atoms with E-state index in [4.69, 9.17) is 0 Å². The van der Waals surface area contributed by atoms with Gasteiger partial charge in [0.15, 0.2) is 0 Å². The van der Waals surface area contributed by atoms with Crippen molar-refractivity contribution in [2.75, 3.05) is 7.05 Å². The smallest absolute Gasteiger partial charge is 0.147 e. The molecule has 7 heteroatoms. The molecule has 0 amide bonds. The van der Waals surface area contributed by atoms with E-state index in [1.165, 1.54) is 24.5 Å². The van der Waals surface area contributed by atoms with Crippen LogP contribution >= 0.6 is 0 Å². The number of pyridine rings is 2. The molecule has 0 aliphatic carbocycles. The average molecular weight is 430 g/mol. The molecule has 2 aromatic carbocycles. The second-order valence-electron chi connectivity index (χ2n) is 7.43. The number of aliphatic imine (C=N–C) groups is 1. The highest BCUT2D eigenvalue weighted by Gasteiger charge is 2.46. The fourth-order valence-corrected chi connectivity index (χ4v) is 4.32. The predicted octanol–water partition coefficient (Wildman–Crippen LogP) is 4.83. The Hall–Kier alpha value is -4.00. The van der Waals surface area contributed by atoms with Gasteiger partial charge in [0.25, 0.3) is 0 Å². The molecule has 0 saturated carbocycles. The van der Waals surface area contributed by atoms with E-state index in [0.29, 0.717) is 17.0 Å². The number of benzene rings is 2. The van der Waals surface area contributed by atoms with Gasteiger partial charge in [0, 0.05) is 41.7 Å². The van der Waals surface area contributed by atoms with Crippen molar-refractivity contribution in [1.29, 1.82) is 0 Å². The molecule has 1 N–H and O–H groups in total. The molecule has 0 spiro atoms. The van der Waals surface area contributed by atoms with E-state index in [1.54, 1.807) is 25.2 Å². The van der Waals surface area contributed by atoms with Gasteiger partial charge in [-0.15, -0.1) is 0 Å². The van der Waals surface area contributed by atoms with Gasteiger partial charge in [0.1, 0.15) is 28.8 Å². The van der Waals surface area contributed by atoms with Gasteiger partial charge < -0.3 is 5.32 Å². The first-order valence-electron chi connectivity index (χ1n) is 9.90. The molecule has 5 rings (SSSR count). The predicted molar refractivity (Wildman–Crippen MR) is 116 cm³/mol. The van der Waals surface area contributed by atoms with Crippen molar-refractivity contribution >= 4 is 5.84 Å². The van der Waals surface area contributed by atoms with Crippen molar-refractivity contribution in [3.8, 4) is 11.1 Å². The van der Waals surface area contributed by atoms with Crippen LogP contribution in [0.15, 0.2) is 84.4 Å². The summed E-state index contributed by atoms with van der Waals surface area (Å²) in [6.45, 7) is 0. The number of nitrogens with zero attached hydrogens (tertiary/aromatic N) is 3. The highest BCUT2D eigenvalue weighted by atomic mass is 19.1. The number of aromatic nitrogens is 2. The molecule has 1 aliphatic rings. The van der Waals surface area contributed by atoms with Crippen molar-refractivity contribution in [1.82, 2.24) is 15.3 Å². The Balaban J connectivity index is 1.83. The topological polar surface area (TPSA) is 50.2 Å². The van der Waals surface area contributed by atoms with Crippen molar-refractivity contribution in [3.63, 3.8) is 0 Å². The third kappa shape index (κ3) is 2.97. The van der Waals surface area contributed by atoms with Gasteiger partial charge in [0.2, 0.25) is 0 Å². The van der Waals surface area contributed by atoms with Crippen LogP contribution in [0.2, 0.25) is 0 Å². The fourth-order valence-electron chi connectivity index (χ4n) is 4.32. The zero-order valence-corrected chi connectivity index (χ0v) is 17.0. The Kier molecular flexibility index (Phi) is 4.74. The van der Waals surface area contributed by atoms with Gasteiger partial charge in [-0.2, -0.15) is 0 Å². The highest BCUT2D eigenvalue weighted by Crippen LogP contribution is 2.44. The fraction of sp³-hybridized carbons (Fsp3) is 0.0800. The molecule has 1 aliphatic heterocycles. The van der Waals surface area contributed by atoms with Gasteiger partial charge in [-0.05, 0) is 35.4 Å². The SMILES string of the molecule is CN=C1NC(c2ccc(F)c(-c3cncc(F)c3)c2)(c2ccncc2F)c2ccccc21. The third-order valence-electron chi connectivity index (χ3n) is 5.71. The maximum Gasteiger partial charge on any atom is 0.147 e. The van der Waals surface area contributed by atoms with E-state index < -0.39 is 23.0 Å². The first kappa shape index (κ1) is 19.9. The lowest BCUT2D eigenvalue weighted by Crippen LogP contribution is -2.42. The van der Waals surface area contributed by atoms with E-state index >= 15 is 4.39 Å². The maximum absolute atomic E-state index is 15.2. The lowest BCUT2D eigenvalue weighted by molar-refractivity contribution is 0.524. The Morgan fingerprint density at radius 1 is 0.812 bits per heavy atom. The molecule has 4 aromatic rings. The van der Waals surface area contributed by atoms with Gasteiger partial charge in [-0.25, -0.2) is 13.2 Å². The van der Waals surface area contributed by atoms with Crippen LogP contribution < -0.4 is 5.32 Å². The molecular weight excluding hydrogens is 413 g/mol. The van der Waals surface area contributed by atoms with Crippen molar-refractivity contribution < 1.29 is 13.2 Å². The van der Waals surface area contributed by atoms with E-state index in [1.807, 2.05) is 24.3 Å². The number of amidine groups is 1. The number of hydrogen-bond acceptors (Lipinski definition) is 3. The molecular formula is C25H17F3N4. The molecule has 2 aromatic heterocycles. The van der Waals surface area contributed by atoms with E-state index in [0.717, 1.165) is 23.5 Å². The molecule has 1 atom stereocenters. The Morgan fingerprint density at radius 3 is 2.44 bits per heavy atom. The monoisotopic (exact) mass is 430 g/mol. The second kappa shape index (κ2) is 7.60. The quantitative estimate of drug-likeness (QED) is 0.507. The number of hydrogen-bond donors (Lipinski definition) is 1. The van der Waals surface area contributed by atoms with Crippen LogP contribution in [0.3, 0.4) is 0 Å². The highest BCUT2D eigenvalue weighted by molar-refractivity contribution is 6.05. The zero-order chi connectivity index (χ0) is 22.3. The van der Waals surface area contributed by atoms with Crippen molar-refractivity contribution in [2.45, 2.75) is 5.54 Å². The van der Waals surface area contributed by atoms with E-state index in [9.17, 15) is 8.78 Å². The molecule has 0 saturated heterocycles. The summed E-state index contributed by atoms with van der Waals surface area (Å²) in [5, 5.41) is 3.37. The Labute approximate surface area is 182 Å². The van der Waals surface area contributed by atoms with Crippen LogP contribution in [0.5, 0.6) is 0 Å². The van der Waals surface area contributed by atoms with Gasteiger partial charge in [-0.3, -0.25) is 15.0 Å². The lowest BCUT2D eigenvalue weighted by Gasteiger charge is -2.33. The standard InChI is InChI=1S/C25H17F3N4/c1-29-24-18-4-2-3-5-20(18)25(32-24,21-8-9-30-14-23(21)28)16-6-7-22(27)19(11-16)15-10-17(26)13-31-12-15/h2-14H,1H3,(H,29,32). The third-order valence-corrected chi connectivity index (χ3v) is 5.71. The molecule has 1 unspecified atom stereocenters. The minimum Gasteiger partial charge on any atom is -0.352 e. The van der Waals surface area contributed by atoms with Gasteiger partial charge in [-0.1, -0.05) is 30.3 Å². The van der Waals surface area contributed by atoms with Crippen molar-refractivity contribution in [3.05, 3.63) is 119 Å². The number of fused-ring (bicyclic) bond motifs is 1. The lowest BCUT2D eigenvalue weighted by atomic mass is 9.77. The minimum atomic E-state index is -1.19.